The van der Waals surface area contributed by atoms with E-state index in [0.29, 0.717) is 22.1 Å². The van der Waals surface area contributed by atoms with E-state index in [4.69, 9.17) is 32.9 Å². The van der Waals surface area contributed by atoms with Gasteiger partial charge in [0.1, 0.15) is 11.9 Å². The Hall–Kier alpha value is -4.07. The van der Waals surface area contributed by atoms with Gasteiger partial charge in [0.25, 0.3) is 0 Å². The molecule has 11 nitrogen and oxygen atoms in total. The Bertz CT molecular complexity index is 1700. The summed E-state index contributed by atoms with van der Waals surface area (Å²) in [4.78, 5) is 25.7. The summed E-state index contributed by atoms with van der Waals surface area (Å²) in [5.41, 5.74) is 3.34. The van der Waals surface area contributed by atoms with Gasteiger partial charge < -0.3 is 5.32 Å². The molecule has 1 atom stereocenters. The molecule has 2 aromatic heterocycles. The summed E-state index contributed by atoms with van der Waals surface area (Å²) in [5, 5.41) is 19.7. The second-order valence-corrected chi connectivity index (χ2v) is 10.2. The third-order valence-electron chi connectivity index (χ3n) is 6.48. The molecule has 1 N–H and O–H groups in total. The van der Waals surface area contributed by atoms with Gasteiger partial charge in [-0.2, -0.15) is 5.10 Å². The predicted molar refractivity (Wildman–Crippen MR) is 151 cm³/mol. The van der Waals surface area contributed by atoms with Crippen LogP contribution in [-0.4, -0.2) is 55.2 Å². The Balaban J connectivity index is 1.22. The van der Waals surface area contributed by atoms with E-state index in [2.05, 4.69) is 20.7 Å². The van der Waals surface area contributed by atoms with Gasteiger partial charge in [-0.15, -0.1) is 10.2 Å². The molecule has 1 amide bonds. The maximum absolute atomic E-state index is 13.6. The number of hydroxylamine groups is 3. The second kappa shape index (κ2) is 11.4. The SMILES string of the molecule is Cn1cc2cc(NC(=O)C(Cc3ccc(F)cc3)N3CON(c4cc(Cl)ccc4-n4cc(Cl)nn4)CO3)ccc2n1. The molecule has 41 heavy (non-hydrogen) atoms. The summed E-state index contributed by atoms with van der Waals surface area (Å²) in [6, 6.07) is 15.8. The fourth-order valence-electron chi connectivity index (χ4n) is 4.52. The molecule has 1 saturated heterocycles. The smallest absolute Gasteiger partial charge is 0.244 e. The fraction of sp³-hybridized carbons (Fsp3) is 0.185. The van der Waals surface area contributed by atoms with Crippen molar-refractivity contribution in [3.63, 3.8) is 0 Å². The van der Waals surface area contributed by atoms with Gasteiger partial charge in [0.2, 0.25) is 5.91 Å². The number of nitrogens with zero attached hydrogens (tertiary/aromatic N) is 7. The molecule has 6 rings (SSSR count). The number of rotatable bonds is 7. The van der Waals surface area contributed by atoms with Crippen LogP contribution in [0.25, 0.3) is 16.6 Å². The summed E-state index contributed by atoms with van der Waals surface area (Å²) in [5.74, 6) is -0.686. The van der Waals surface area contributed by atoms with Crippen molar-refractivity contribution in [3.05, 3.63) is 94.6 Å². The number of carbonyl (C=O) groups excluding carboxylic acids is 1. The zero-order valence-electron chi connectivity index (χ0n) is 21.6. The highest BCUT2D eigenvalue weighted by Gasteiger charge is 2.33. The number of aryl methyl sites for hydroxylation is 1. The first-order valence-corrected chi connectivity index (χ1v) is 13.2. The summed E-state index contributed by atoms with van der Waals surface area (Å²) < 4.78 is 16.8. The van der Waals surface area contributed by atoms with Crippen molar-refractivity contribution in [3.8, 4) is 5.69 Å². The van der Waals surface area contributed by atoms with E-state index in [-0.39, 0.29) is 36.8 Å². The minimum atomic E-state index is -0.805. The molecule has 0 aliphatic carbocycles. The van der Waals surface area contributed by atoms with Crippen LogP contribution < -0.4 is 10.4 Å². The number of benzene rings is 3. The van der Waals surface area contributed by atoms with Gasteiger partial charge in [0.05, 0.1) is 23.1 Å². The van der Waals surface area contributed by atoms with Gasteiger partial charge in [-0.25, -0.2) is 14.1 Å². The highest BCUT2D eigenvalue weighted by atomic mass is 35.5. The van der Waals surface area contributed by atoms with Crippen molar-refractivity contribution in [1.29, 1.82) is 0 Å². The second-order valence-electron chi connectivity index (χ2n) is 9.34. The number of nitrogens with one attached hydrogen (secondary N) is 1. The third-order valence-corrected chi connectivity index (χ3v) is 6.89. The topological polar surface area (TPSA) is 103 Å². The number of aromatic nitrogens is 5. The van der Waals surface area contributed by atoms with E-state index in [1.54, 1.807) is 47.3 Å². The zero-order valence-corrected chi connectivity index (χ0v) is 23.1. The van der Waals surface area contributed by atoms with Crippen LogP contribution in [0.5, 0.6) is 0 Å². The van der Waals surface area contributed by atoms with Crippen molar-refractivity contribution in [2.45, 2.75) is 12.5 Å². The lowest BCUT2D eigenvalue weighted by Gasteiger charge is -2.38. The summed E-state index contributed by atoms with van der Waals surface area (Å²) in [6.45, 7) is -0.157. The van der Waals surface area contributed by atoms with Crippen molar-refractivity contribution < 1.29 is 18.9 Å². The van der Waals surface area contributed by atoms with Crippen LogP contribution in [0.4, 0.5) is 15.8 Å². The molecule has 0 radical (unpaired) electrons. The van der Waals surface area contributed by atoms with Gasteiger partial charge in [0, 0.05) is 29.3 Å². The lowest BCUT2D eigenvalue weighted by Crippen LogP contribution is -2.52. The van der Waals surface area contributed by atoms with Crippen LogP contribution in [0.15, 0.2) is 73.1 Å². The average Bonchev–Trinajstić information content (AvgIpc) is 3.56. The first kappa shape index (κ1) is 27.1. The quantitative estimate of drug-likeness (QED) is 0.287. The van der Waals surface area contributed by atoms with Crippen LogP contribution in [0.1, 0.15) is 5.56 Å². The molecule has 1 aliphatic rings. The van der Waals surface area contributed by atoms with Gasteiger partial charge in [-0.05, 0) is 60.5 Å². The fourth-order valence-corrected chi connectivity index (χ4v) is 4.81. The molecule has 0 bridgehead atoms. The normalized spacial score (nSPS) is 14.9. The minimum absolute atomic E-state index is 0.0649. The highest BCUT2D eigenvalue weighted by Crippen LogP contribution is 2.30. The maximum atomic E-state index is 13.6. The van der Waals surface area contributed by atoms with Crippen molar-refractivity contribution in [2.75, 3.05) is 23.8 Å². The largest absolute Gasteiger partial charge is 0.325 e. The number of amides is 1. The van der Waals surface area contributed by atoms with Gasteiger partial charge in [0.15, 0.2) is 18.6 Å². The molecular formula is C27H23Cl2FN8O3. The van der Waals surface area contributed by atoms with Crippen LogP contribution in [0.2, 0.25) is 10.2 Å². The van der Waals surface area contributed by atoms with Crippen LogP contribution in [-0.2, 0) is 27.9 Å². The molecule has 1 aliphatic heterocycles. The van der Waals surface area contributed by atoms with E-state index >= 15 is 0 Å². The Kier molecular flexibility index (Phi) is 7.56. The third kappa shape index (κ3) is 6.01. The van der Waals surface area contributed by atoms with E-state index in [0.717, 1.165) is 16.5 Å². The summed E-state index contributed by atoms with van der Waals surface area (Å²) in [6.07, 6.45) is 3.66. The number of halogens is 3. The molecule has 5 aromatic rings. The average molecular weight is 597 g/mol. The van der Waals surface area contributed by atoms with Crippen molar-refractivity contribution in [2.24, 2.45) is 7.05 Å². The molecule has 210 valence electrons. The molecule has 0 spiro atoms. The lowest BCUT2D eigenvalue weighted by molar-refractivity contribution is -0.279. The van der Waals surface area contributed by atoms with Crippen LogP contribution in [0, 0.1) is 5.82 Å². The van der Waals surface area contributed by atoms with Crippen molar-refractivity contribution in [1.82, 2.24) is 29.8 Å². The predicted octanol–water partition coefficient (Wildman–Crippen LogP) is 4.75. The van der Waals surface area contributed by atoms with Crippen LogP contribution in [0.3, 0.4) is 0 Å². The Morgan fingerprint density at radius 3 is 2.59 bits per heavy atom. The molecule has 3 aromatic carbocycles. The van der Waals surface area contributed by atoms with E-state index < -0.39 is 6.04 Å². The Morgan fingerprint density at radius 2 is 1.85 bits per heavy atom. The summed E-state index contributed by atoms with van der Waals surface area (Å²) in [7, 11) is 1.83. The Labute approximate surface area is 243 Å². The van der Waals surface area contributed by atoms with E-state index in [1.165, 1.54) is 26.9 Å². The minimum Gasteiger partial charge on any atom is -0.325 e. The molecule has 3 heterocycles. The molecule has 1 fully saturated rings. The van der Waals surface area contributed by atoms with Gasteiger partial charge in [-0.1, -0.05) is 40.5 Å². The highest BCUT2D eigenvalue weighted by molar-refractivity contribution is 6.31. The Morgan fingerprint density at radius 1 is 1.02 bits per heavy atom. The standard InChI is InChI=1S/C27H23Cl2FN8O3/c1-35-13-18-11-21(7-8-22(18)33-35)31-27(39)25(10-17-2-5-20(30)6-3-17)38-16-40-37(15-41-38)24-12-19(28)4-9-23(24)36-14-26(29)32-34-36/h2-9,11-14,25H,10,15-16H2,1H3,(H,31,39). The van der Waals surface area contributed by atoms with Gasteiger partial charge >= 0.3 is 0 Å². The number of hydrogen-bond donors (Lipinski definition) is 1. The monoisotopic (exact) mass is 596 g/mol. The van der Waals surface area contributed by atoms with E-state index in [9.17, 15) is 9.18 Å². The van der Waals surface area contributed by atoms with Crippen molar-refractivity contribution >= 4 is 51.4 Å². The number of hydrogen-bond acceptors (Lipinski definition) is 8. The number of anilines is 2. The molecule has 1 unspecified atom stereocenters. The molecule has 14 heteroatoms. The summed E-state index contributed by atoms with van der Waals surface area (Å²) >= 11 is 12.2. The zero-order chi connectivity index (χ0) is 28.5. The molecular weight excluding hydrogens is 574 g/mol. The first-order valence-electron chi connectivity index (χ1n) is 12.5. The maximum Gasteiger partial charge on any atom is 0.244 e. The molecule has 0 saturated carbocycles. The number of carbonyl (C=O) groups is 1. The van der Waals surface area contributed by atoms with Crippen LogP contribution >= 0.6 is 23.2 Å². The lowest BCUT2D eigenvalue weighted by atomic mass is 10.0. The van der Waals surface area contributed by atoms with Gasteiger partial charge in [-0.3, -0.25) is 19.2 Å². The first-order chi connectivity index (χ1) is 19.8. The van der Waals surface area contributed by atoms with E-state index in [1.807, 2.05) is 25.4 Å². The number of fused-ring (bicyclic) bond motifs is 1.